The summed E-state index contributed by atoms with van der Waals surface area (Å²) in [6.45, 7) is 4.76. The van der Waals surface area contributed by atoms with Crippen molar-refractivity contribution in [2.75, 3.05) is 0 Å². The molecule has 0 N–H and O–H groups in total. The molecule has 4 rings (SSSR count). The van der Waals surface area contributed by atoms with Crippen molar-refractivity contribution in [3.63, 3.8) is 0 Å². The third-order valence-electron chi connectivity index (χ3n) is 5.69. The van der Waals surface area contributed by atoms with E-state index >= 15 is 0 Å². The molecular weight excluding hydrogens is 342 g/mol. The second-order valence-electron chi connectivity index (χ2n) is 7.45. The summed E-state index contributed by atoms with van der Waals surface area (Å²) in [5, 5.41) is 0. The monoisotopic (exact) mass is 367 g/mol. The first kappa shape index (κ1) is 18.2. The van der Waals surface area contributed by atoms with Gasteiger partial charge in [0.05, 0.1) is 6.54 Å². The molecule has 2 atom stereocenters. The molecule has 1 aliphatic rings. The highest BCUT2D eigenvalue weighted by Gasteiger charge is 2.39. The highest BCUT2D eigenvalue weighted by Crippen LogP contribution is 2.45. The molecule has 0 aliphatic carbocycles. The lowest BCUT2D eigenvalue weighted by atomic mass is 9.74. The van der Waals surface area contributed by atoms with Crippen LogP contribution in [0.5, 0.6) is 0 Å². The zero-order chi connectivity index (χ0) is 19.5. The molecule has 0 unspecified atom stereocenters. The lowest BCUT2D eigenvalue weighted by Gasteiger charge is -2.40. The van der Waals surface area contributed by atoms with Crippen LogP contribution in [-0.4, -0.2) is 10.8 Å². The Morgan fingerprint density at radius 3 is 1.93 bits per heavy atom. The highest BCUT2D eigenvalue weighted by molar-refractivity contribution is 5.91. The van der Waals surface area contributed by atoms with Gasteiger partial charge in [-0.05, 0) is 29.2 Å². The summed E-state index contributed by atoms with van der Waals surface area (Å²) < 4.78 is 0. The average Bonchev–Trinajstić information content (AvgIpc) is 2.75. The van der Waals surface area contributed by atoms with Gasteiger partial charge in [-0.25, -0.2) is 0 Å². The molecule has 3 aromatic rings. The van der Waals surface area contributed by atoms with Crippen molar-refractivity contribution in [3.8, 4) is 0 Å². The molecule has 140 valence electrons. The topological polar surface area (TPSA) is 20.3 Å². The van der Waals surface area contributed by atoms with Crippen LogP contribution in [0.1, 0.15) is 36.5 Å². The Morgan fingerprint density at radius 1 is 0.786 bits per heavy atom. The lowest BCUT2D eigenvalue weighted by Crippen LogP contribution is -2.41. The summed E-state index contributed by atoms with van der Waals surface area (Å²) in [5.74, 6) is 0.128. The van der Waals surface area contributed by atoms with Crippen LogP contribution in [0.25, 0.3) is 5.57 Å². The molecule has 0 spiro atoms. The Bertz CT molecular complexity index is 977. The van der Waals surface area contributed by atoms with Gasteiger partial charge in [0.1, 0.15) is 0 Å². The third kappa shape index (κ3) is 3.38. The van der Waals surface area contributed by atoms with Gasteiger partial charge in [-0.2, -0.15) is 0 Å². The van der Waals surface area contributed by atoms with Crippen LogP contribution in [-0.2, 0) is 11.3 Å². The first-order chi connectivity index (χ1) is 13.7. The molecule has 0 bridgehead atoms. The molecule has 1 aliphatic heterocycles. The average molecular weight is 367 g/mol. The van der Waals surface area contributed by atoms with Crippen LogP contribution in [0.4, 0.5) is 0 Å². The summed E-state index contributed by atoms with van der Waals surface area (Å²) in [4.78, 5) is 15.4. The van der Waals surface area contributed by atoms with Crippen molar-refractivity contribution in [2.24, 2.45) is 5.92 Å². The molecule has 1 heterocycles. The minimum Gasteiger partial charge on any atom is -0.311 e. The number of nitrogens with zero attached hydrogens (tertiary/aromatic N) is 1. The molecule has 0 fully saturated rings. The number of hydrogen-bond donors (Lipinski definition) is 0. The van der Waals surface area contributed by atoms with Gasteiger partial charge >= 0.3 is 0 Å². The van der Waals surface area contributed by atoms with Gasteiger partial charge in [-0.15, -0.1) is 0 Å². The van der Waals surface area contributed by atoms with E-state index in [0.29, 0.717) is 6.54 Å². The first-order valence-corrected chi connectivity index (χ1v) is 9.83. The van der Waals surface area contributed by atoms with Crippen molar-refractivity contribution in [3.05, 3.63) is 113 Å². The van der Waals surface area contributed by atoms with Crippen LogP contribution in [0.15, 0.2) is 96.7 Å². The van der Waals surface area contributed by atoms with E-state index in [0.717, 1.165) is 11.3 Å². The van der Waals surface area contributed by atoms with Gasteiger partial charge < -0.3 is 4.90 Å². The van der Waals surface area contributed by atoms with Crippen molar-refractivity contribution in [1.82, 2.24) is 4.90 Å². The Labute approximate surface area is 167 Å². The van der Waals surface area contributed by atoms with E-state index in [1.807, 2.05) is 35.2 Å². The molecule has 2 nitrogen and oxygen atoms in total. The number of allylic oxidation sites excluding steroid dienone is 2. The largest absolute Gasteiger partial charge is 0.311 e. The number of rotatable bonds is 4. The summed E-state index contributed by atoms with van der Waals surface area (Å²) in [6, 6.07) is 31.1. The van der Waals surface area contributed by atoms with Gasteiger partial charge in [0.15, 0.2) is 0 Å². The van der Waals surface area contributed by atoms with E-state index in [-0.39, 0.29) is 17.7 Å². The van der Waals surface area contributed by atoms with Gasteiger partial charge in [0.25, 0.3) is 0 Å². The predicted molar refractivity (Wildman–Crippen MR) is 114 cm³/mol. The van der Waals surface area contributed by atoms with E-state index in [1.165, 1.54) is 16.7 Å². The van der Waals surface area contributed by atoms with Crippen LogP contribution >= 0.6 is 0 Å². The number of amides is 1. The van der Waals surface area contributed by atoms with Gasteiger partial charge in [0.2, 0.25) is 5.91 Å². The molecule has 0 saturated carbocycles. The highest BCUT2D eigenvalue weighted by atomic mass is 16.2. The summed E-state index contributed by atoms with van der Waals surface area (Å²) in [6.07, 6.45) is 0. The summed E-state index contributed by atoms with van der Waals surface area (Å²) >= 11 is 0. The quantitative estimate of drug-likeness (QED) is 0.564. The Balaban J connectivity index is 1.86. The number of carbonyl (C=O) groups is 1. The Hall–Kier alpha value is -3.13. The first-order valence-electron chi connectivity index (χ1n) is 9.83. The molecular formula is C26H25NO. The van der Waals surface area contributed by atoms with Crippen molar-refractivity contribution in [1.29, 1.82) is 0 Å². The number of carbonyl (C=O) groups excluding carboxylic acids is 1. The normalized spacial score (nSPS) is 19.8. The second kappa shape index (κ2) is 7.85. The zero-order valence-corrected chi connectivity index (χ0v) is 16.4. The molecule has 0 radical (unpaired) electrons. The SMILES string of the molecule is CC1=C(c2ccccc2)[C@@H](c2ccccc2)[C@H](C)C(=O)N1Cc1ccccc1. The summed E-state index contributed by atoms with van der Waals surface area (Å²) in [7, 11) is 0. The standard InChI is InChI=1S/C26H25NO/c1-19-24(22-14-8-4-9-15-22)25(23-16-10-5-11-17-23)20(2)27(26(19)28)18-21-12-6-3-7-13-21/h3-17,19,24H,18H2,1-2H3/t19-,24+/m0/s1. The van der Waals surface area contributed by atoms with E-state index < -0.39 is 0 Å². The van der Waals surface area contributed by atoms with Crippen molar-refractivity contribution in [2.45, 2.75) is 26.3 Å². The molecule has 0 saturated heterocycles. The van der Waals surface area contributed by atoms with E-state index in [1.54, 1.807) is 0 Å². The fourth-order valence-corrected chi connectivity index (χ4v) is 4.26. The molecule has 2 heteroatoms. The smallest absolute Gasteiger partial charge is 0.230 e. The minimum atomic E-state index is -0.120. The zero-order valence-electron chi connectivity index (χ0n) is 16.4. The van der Waals surface area contributed by atoms with E-state index in [4.69, 9.17) is 0 Å². The Kier molecular flexibility index (Phi) is 5.12. The summed E-state index contributed by atoms with van der Waals surface area (Å²) in [5.41, 5.74) is 5.82. The number of benzene rings is 3. The van der Waals surface area contributed by atoms with Crippen molar-refractivity contribution < 1.29 is 4.79 Å². The van der Waals surface area contributed by atoms with Crippen LogP contribution in [0.3, 0.4) is 0 Å². The van der Waals surface area contributed by atoms with E-state index in [9.17, 15) is 4.79 Å². The second-order valence-corrected chi connectivity index (χ2v) is 7.45. The molecule has 3 aromatic carbocycles. The van der Waals surface area contributed by atoms with Crippen LogP contribution in [0, 0.1) is 5.92 Å². The fourth-order valence-electron chi connectivity index (χ4n) is 4.26. The van der Waals surface area contributed by atoms with Gasteiger partial charge in [-0.3, -0.25) is 4.79 Å². The van der Waals surface area contributed by atoms with Gasteiger partial charge in [0, 0.05) is 17.5 Å². The molecule has 1 amide bonds. The minimum absolute atomic E-state index is 0.0584. The number of hydrogen-bond acceptors (Lipinski definition) is 1. The maximum absolute atomic E-state index is 13.4. The molecule has 0 aromatic heterocycles. The van der Waals surface area contributed by atoms with Gasteiger partial charge in [-0.1, -0.05) is 97.9 Å². The maximum Gasteiger partial charge on any atom is 0.230 e. The van der Waals surface area contributed by atoms with Crippen molar-refractivity contribution >= 4 is 11.5 Å². The molecule has 28 heavy (non-hydrogen) atoms. The van der Waals surface area contributed by atoms with E-state index in [2.05, 4.69) is 74.5 Å². The predicted octanol–water partition coefficient (Wildman–Crippen LogP) is 5.88. The lowest BCUT2D eigenvalue weighted by molar-refractivity contribution is -0.134. The fraction of sp³-hybridized carbons (Fsp3) is 0.192. The Morgan fingerprint density at radius 2 is 1.32 bits per heavy atom. The van der Waals surface area contributed by atoms with Crippen LogP contribution in [0.2, 0.25) is 0 Å². The maximum atomic E-state index is 13.4. The third-order valence-corrected chi connectivity index (χ3v) is 5.69. The van der Waals surface area contributed by atoms with Crippen LogP contribution < -0.4 is 0 Å².